The summed E-state index contributed by atoms with van der Waals surface area (Å²) in [5.41, 5.74) is 7.46. The monoisotopic (exact) mass is 244 g/mol. The van der Waals surface area contributed by atoms with E-state index in [1.807, 2.05) is 24.3 Å². The van der Waals surface area contributed by atoms with Crippen molar-refractivity contribution in [1.29, 1.82) is 0 Å². The fourth-order valence-corrected chi connectivity index (χ4v) is 2.06. The van der Waals surface area contributed by atoms with E-state index in [0.717, 1.165) is 11.3 Å². The van der Waals surface area contributed by atoms with Gasteiger partial charge in [-0.05, 0) is 29.5 Å². The predicted molar refractivity (Wildman–Crippen MR) is 64.6 cm³/mol. The zero-order valence-corrected chi connectivity index (χ0v) is 9.58. The number of nitrogens with one attached hydrogen (secondary N) is 1. The second-order valence-electron chi connectivity index (χ2n) is 4.25. The molecule has 0 saturated carbocycles. The Balaban J connectivity index is 1.85. The van der Waals surface area contributed by atoms with Crippen molar-refractivity contribution in [3.05, 3.63) is 24.3 Å². The van der Waals surface area contributed by atoms with Gasteiger partial charge in [-0.15, -0.1) is 10.2 Å². The molecule has 1 amide bonds. The molecule has 1 fully saturated rings. The highest BCUT2D eigenvalue weighted by molar-refractivity contribution is 5.96. The molecule has 1 saturated heterocycles. The van der Waals surface area contributed by atoms with Gasteiger partial charge in [-0.1, -0.05) is 0 Å². The fourth-order valence-electron chi connectivity index (χ4n) is 2.06. The van der Waals surface area contributed by atoms with E-state index in [-0.39, 0.29) is 11.9 Å². The summed E-state index contributed by atoms with van der Waals surface area (Å²) in [5, 5.41) is 13.7. The first kappa shape index (κ1) is 10.8. The molecule has 18 heavy (non-hydrogen) atoms. The minimum Gasteiger partial charge on any atom is -0.326 e. The van der Waals surface area contributed by atoms with E-state index in [4.69, 9.17) is 5.73 Å². The Kier molecular flexibility index (Phi) is 2.52. The normalized spacial score (nSPS) is 19.5. The van der Waals surface area contributed by atoms with Crippen LogP contribution in [0.5, 0.6) is 0 Å². The van der Waals surface area contributed by atoms with E-state index in [1.165, 1.54) is 0 Å². The lowest BCUT2D eigenvalue weighted by Crippen LogP contribution is -2.27. The van der Waals surface area contributed by atoms with E-state index < -0.39 is 0 Å². The molecule has 1 aromatic heterocycles. The van der Waals surface area contributed by atoms with E-state index in [0.29, 0.717) is 18.8 Å². The number of aromatic amines is 1. The van der Waals surface area contributed by atoms with E-state index >= 15 is 0 Å². The largest absolute Gasteiger partial charge is 0.326 e. The van der Waals surface area contributed by atoms with Crippen LogP contribution >= 0.6 is 0 Å². The molecule has 0 radical (unpaired) electrons. The number of nitrogens with zero attached hydrogens (tertiary/aromatic N) is 4. The lowest BCUT2D eigenvalue weighted by Gasteiger charge is -2.16. The Hall–Kier alpha value is -2.28. The molecule has 3 rings (SSSR count). The van der Waals surface area contributed by atoms with Gasteiger partial charge in [0.25, 0.3) is 0 Å². The van der Waals surface area contributed by atoms with Crippen LogP contribution in [0, 0.1) is 0 Å². The Morgan fingerprint density at radius 1 is 1.33 bits per heavy atom. The molecule has 2 aromatic rings. The molecule has 92 valence electrons. The first-order valence-electron chi connectivity index (χ1n) is 5.64. The van der Waals surface area contributed by atoms with Crippen LogP contribution in [0.1, 0.15) is 6.42 Å². The van der Waals surface area contributed by atoms with Crippen LogP contribution in [0.3, 0.4) is 0 Å². The van der Waals surface area contributed by atoms with Crippen LogP contribution in [0.25, 0.3) is 11.4 Å². The van der Waals surface area contributed by atoms with Gasteiger partial charge < -0.3 is 10.6 Å². The quantitative estimate of drug-likeness (QED) is 0.770. The molecule has 0 bridgehead atoms. The van der Waals surface area contributed by atoms with Gasteiger partial charge in [-0.2, -0.15) is 5.21 Å². The Bertz CT molecular complexity index is 549. The molecule has 7 heteroatoms. The van der Waals surface area contributed by atoms with Crippen LogP contribution in [0.2, 0.25) is 0 Å². The summed E-state index contributed by atoms with van der Waals surface area (Å²) in [4.78, 5) is 13.4. The second-order valence-corrected chi connectivity index (χ2v) is 4.25. The van der Waals surface area contributed by atoms with E-state index in [2.05, 4.69) is 20.6 Å². The number of amides is 1. The third-order valence-corrected chi connectivity index (χ3v) is 2.94. The highest BCUT2D eigenvalue weighted by Gasteiger charge is 2.27. The molecule has 7 nitrogen and oxygen atoms in total. The molecular weight excluding hydrogens is 232 g/mol. The van der Waals surface area contributed by atoms with Crippen molar-refractivity contribution >= 4 is 11.6 Å². The molecule has 1 aliphatic rings. The number of hydrogen-bond acceptors (Lipinski definition) is 5. The van der Waals surface area contributed by atoms with Crippen LogP contribution in [0.4, 0.5) is 5.69 Å². The predicted octanol–water partition coefficient (Wildman–Crippen LogP) is -0.0693. The third-order valence-electron chi connectivity index (χ3n) is 2.94. The first-order valence-corrected chi connectivity index (χ1v) is 5.64. The molecule has 1 aromatic carbocycles. The number of tetrazole rings is 1. The summed E-state index contributed by atoms with van der Waals surface area (Å²) in [6.07, 6.45) is 0.409. The minimum absolute atomic E-state index is 0.0646. The number of H-pyrrole nitrogens is 1. The Labute approximate surface area is 103 Å². The van der Waals surface area contributed by atoms with Gasteiger partial charge in [0.1, 0.15) is 0 Å². The van der Waals surface area contributed by atoms with Crippen LogP contribution in [-0.4, -0.2) is 39.1 Å². The average molecular weight is 244 g/mol. The molecule has 1 unspecified atom stereocenters. The summed E-state index contributed by atoms with van der Waals surface area (Å²) >= 11 is 0. The maximum Gasteiger partial charge on any atom is 0.228 e. The van der Waals surface area contributed by atoms with Crippen molar-refractivity contribution < 1.29 is 4.79 Å². The second kappa shape index (κ2) is 4.19. The number of carbonyl (C=O) groups excluding carboxylic acids is 1. The molecule has 1 aliphatic heterocycles. The molecule has 1 atom stereocenters. The van der Waals surface area contributed by atoms with Gasteiger partial charge >= 0.3 is 0 Å². The summed E-state index contributed by atoms with van der Waals surface area (Å²) in [6, 6.07) is 7.37. The summed E-state index contributed by atoms with van der Waals surface area (Å²) < 4.78 is 0. The van der Waals surface area contributed by atoms with Gasteiger partial charge in [0.05, 0.1) is 0 Å². The number of benzene rings is 1. The fraction of sp³-hybridized carbons (Fsp3) is 0.273. The number of hydrogen-bond donors (Lipinski definition) is 2. The Morgan fingerprint density at radius 2 is 2.11 bits per heavy atom. The number of anilines is 1. The lowest BCUT2D eigenvalue weighted by atomic mass is 10.2. The third kappa shape index (κ3) is 1.84. The van der Waals surface area contributed by atoms with Gasteiger partial charge in [0, 0.05) is 30.3 Å². The van der Waals surface area contributed by atoms with Gasteiger partial charge in [-0.25, -0.2) is 0 Å². The van der Waals surface area contributed by atoms with Crippen molar-refractivity contribution in [3.8, 4) is 11.4 Å². The maximum absolute atomic E-state index is 11.7. The van der Waals surface area contributed by atoms with Crippen LogP contribution < -0.4 is 10.6 Å². The van der Waals surface area contributed by atoms with E-state index in [9.17, 15) is 4.79 Å². The van der Waals surface area contributed by atoms with Gasteiger partial charge in [-0.3, -0.25) is 4.79 Å². The van der Waals surface area contributed by atoms with E-state index in [1.54, 1.807) is 4.90 Å². The van der Waals surface area contributed by atoms with Crippen LogP contribution in [0.15, 0.2) is 24.3 Å². The highest BCUT2D eigenvalue weighted by Crippen LogP contribution is 2.23. The molecule has 0 aliphatic carbocycles. The van der Waals surface area contributed by atoms with Crippen molar-refractivity contribution in [2.24, 2.45) is 5.73 Å². The highest BCUT2D eigenvalue weighted by atomic mass is 16.2. The summed E-state index contributed by atoms with van der Waals surface area (Å²) in [7, 11) is 0. The number of aromatic nitrogens is 4. The molecular formula is C11H12N6O. The molecule has 2 heterocycles. The van der Waals surface area contributed by atoms with Crippen molar-refractivity contribution in [1.82, 2.24) is 20.6 Å². The molecule has 0 spiro atoms. The van der Waals surface area contributed by atoms with Crippen molar-refractivity contribution in [2.45, 2.75) is 12.5 Å². The SMILES string of the molecule is NC1CC(=O)N(c2ccc(-c3nn[nH]n3)cc2)C1. The standard InChI is InChI=1S/C11H12N6O/c12-8-5-10(18)17(6-8)9-3-1-7(2-4-9)11-13-15-16-14-11/h1-4,8H,5-6,12H2,(H,13,14,15,16). The number of carbonyl (C=O) groups is 1. The Morgan fingerprint density at radius 3 is 2.67 bits per heavy atom. The lowest BCUT2D eigenvalue weighted by molar-refractivity contribution is -0.117. The zero-order valence-electron chi connectivity index (χ0n) is 9.58. The topological polar surface area (TPSA) is 101 Å². The zero-order chi connectivity index (χ0) is 12.5. The van der Waals surface area contributed by atoms with Gasteiger partial charge in [0.2, 0.25) is 11.7 Å². The van der Waals surface area contributed by atoms with Crippen LogP contribution in [-0.2, 0) is 4.79 Å². The first-order chi connectivity index (χ1) is 8.74. The number of nitrogens with two attached hydrogens (primary N) is 1. The minimum atomic E-state index is -0.0746. The number of rotatable bonds is 2. The van der Waals surface area contributed by atoms with Crippen molar-refractivity contribution in [3.63, 3.8) is 0 Å². The van der Waals surface area contributed by atoms with Gasteiger partial charge in [0.15, 0.2) is 0 Å². The summed E-state index contributed by atoms with van der Waals surface area (Å²) in [6.45, 7) is 0.570. The molecule has 3 N–H and O–H groups in total. The average Bonchev–Trinajstić information content (AvgIpc) is 2.99. The maximum atomic E-state index is 11.7. The summed E-state index contributed by atoms with van der Waals surface area (Å²) in [5.74, 6) is 0.598. The van der Waals surface area contributed by atoms with Crippen molar-refractivity contribution in [2.75, 3.05) is 11.4 Å². The smallest absolute Gasteiger partial charge is 0.228 e.